The van der Waals surface area contributed by atoms with E-state index < -0.39 is 28.5 Å². The lowest BCUT2D eigenvalue weighted by Gasteiger charge is -2.32. The van der Waals surface area contributed by atoms with E-state index >= 15 is 0 Å². The van der Waals surface area contributed by atoms with Gasteiger partial charge in [-0.1, -0.05) is 12.1 Å². The number of rotatable bonds is 10. The van der Waals surface area contributed by atoms with Crippen LogP contribution in [0.5, 0.6) is 17.2 Å². The zero-order chi connectivity index (χ0) is 25.8. The number of benzene rings is 2. The van der Waals surface area contributed by atoms with Crippen molar-refractivity contribution in [3.63, 3.8) is 0 Å². The fraction of sp³-hybridized carbons (Fsp3) is 0.417. The summed E-state index contributed by atoms with van der Waals surface area (Å²) in [6.07, 6.45) is 1.02. The Morgan fingerprint density at radius 3 is 2.31 bits per heavy atom. The number of nitrogens with zero attached hydrogens (tertiary/aromatic N) is 2. The first-order chi connectivity index (χ1) is 16.5. The fourth-order valence-corrected chi connectivity index (χ4v) is 4.41. The Kier molecular flexibility index (Phi) is 8.11. The Labute approximate surface area is 205 Å². The summed E-state index contributed by atoms with van der Waals surface area (Å²) in [5.41, 5.74) is 1.02. The molecule has 0 spiro atoms. The molecule has 0 unspecified atom stereocenters. The summed E-state index contributed by atoms with van der Waals surface area (Å²) >= 11 is 0. The van der Waals surface area contributed by atoms with Crippen LogP contribution in [0.2, 0.25) is 0 Å². The molecule has 10 nitrogen and oxygen atoms in total. The third-order valence-electron chi connectivity index (χ3n) is 5.43. The number of hydrogen-bond donors (Lipinski definition) is 1. The van der Waals surface area contributed by atoms with E-state index in [4.69, 9.17) is 14.2 Å². The van der Waals surface area contributed by atoms with E-state index in [9.17, 15) is 18.0 Å². The number of nitrogens with one attached hydrogen (secondary N) is 1. The SMILES string of the molecule is COc1ccc(CN(C(=O)CN(c2ccc3c(c2)OCO3)S(C)(=O)=O)[C@H](C)C(=O)NC(C)C)cc1. The molecular weight excluding hydrogens is 474 g/mol. The number of sulfonamides is 1. The molecule has 2 amide bonds. The molecule has 0 aromatic heterocycles. The maximum Gasteiger partial charge on any atom is 0.244 e. The number of methoxy groups -OCH3 is 1. The van der Waals surface area contributed by atoms with Crippen molar-refractivity contribution in [2.45, 2.75) is 39.4 Å². The second kappa shape index (κ2) is 10.9. The van der Waals surface area contributed by atoms with Gasteiger partial charge in [-0.25, -0.2) is 8.42 Å². The smallest absolute Gasteiger partial charge is 0.244 e. The van der Waals surface area contributed by atoms with E-state index in [1.807, 2.05) is 13.8 Å². The Morgan fingerprint density at radius 1 is 1.06 bits per heavy atom. The summed E-state index contributed by atoms with van der Waals surface area (Å²) in [5, 5.41) is 2.81. The van der Waals surface area contributed by atoms with Crippen LogP contribution < -0.4 is 23.8 Å². The van der Waals surface area contributed by atoms with Gasteiger partial charge >= 0.3 is 0 Å². The average Bonchev–Trinajstić information content (AvgIpc) is 3.27. The summed E-state index contributed by atoms with van der Waals surface area (Å²) in [4.78, 5) is 27.7. The molecule has 0 fully saturated rings. The first-order valence-corrected chi connectivity index (χ1v) is 12.9. The highest BCUT2D eigenvalue weighted by Crippen LogP contribution is 2.36. The van der Waals surface area contributed by atoms with Crippen LogP contribution in [0.4, 0.5) is 5.69 Å². The van der Waals surface area contributed by atoms with Crippen LogP contribution in [-0.4, -0.2) is 63.9 Å². The lowest BCUT2D eigenvalue weighted by molar-refractivity contribution is -0.139. The van der Waals surface area contributed by atoms with Gasteiger partial charge in [-0.15, -0.1) is 0 Å². The highest BCUT2D eigenvalue weighted by Gasteiger charge is 2.31. The van der Waals surface area contributed by atoms with Gasteiger partial charge in [0.05, 0.1) is 19.1 Å². The number of ether oxygens (including phenoxy) is 3. The van der Waals surface area contributed by atoms with Crippen molar-refractivity contribution in [3.05, 3.63) is 48.0 Å². The molecule has 1 heterocycles. The molecule has 1 atom stereocenters. The largest absolute Gasteiger partial charge is 0.497 e. The highest BCUT2D eigenvalue weighted by atomic mass is 32.2. The van der Waals surface area contributed by atoms with Gasteiger partial charge in [-0.05, 0) is 50.6 Å². The topological polar surface area (TPSA) is 114 Å². The lowest BCUT2D eigenvalue weighted by Crippen LogP contribution is -2.52. The molecule has 2 aromatic rings. The molecule has 3 rings (SSSR count). The third kappa shape index (κ3) is 6.56. The predicted molar refractivity (Wildman–Crippen MR) is 131 cm³/mol. The molecule has 190 valence electrons. The molecule has 11 heteroatoms. The molecule has 0 aliphatic carbocycles. The van der Waals surface area contributed by atoms with Gasteiger partial charge in [0.1, 0.15) is 18.3 Å². The second-order valence-corrected chi connectivity index (χ2v) is 10.4. The summed E-state index contributed by atoms with van der Waals surface area (Å²) < 4.78 is 42.1. The van der Waals surface area contributed by atoms with Crippen LogP contribution in [0, 0.1) is 0 Å². The van der Waals surface area contributed by atoms with Gasteiger partial charge in [0.15, 0.2) is 11.5 Å². The van der Waals surface area contributed by atoms with Crippen molar-refractivity contribution in [1.29, 1.82) is 0 Å². The average molecular weight is 506 g/mol. The van der Waals surface area contributed by atoms with Crippen LogP contribution >= 0.6 is 0 Å². The highest BCUT2D eigenvalue weighted by molar-refractivity contribution is 7.92. The number of carbonyl (C=O) groups excluding carboxylic acids is 2. The molecule has 2 aromatic carbocycles. The van der Waals surface area contributed by atoms with Crippen molar-refractivity contribution >= 4 is 27.5 Å². The van der Waals surface area contributed by atoms with Crippen LogP contribution in [-0.2, 0) is 26.2 Å². The molecule has 0 radical (unpaired) electrons. The third-order valence-corrected chi connectivity index (χ3v) is 6.57. The Balaban J connectivity index is 1.90. The van der Waals surface area contributed by atoms with Crippen molar-refractivity contribution in [1.82, 2.24) is 10.2 Å². The molecule has 35 heavy (non-hydrogen) atoms. The minimum Gasteiger partial charge on any atom is -0.497 e. The number of carbonyl (C=O) groups is 2. The maximum absolute atomic E-state index is 13.5. The zero-order valence-electron chi connectivity index (χ0n) is 20.5. The number of anilines is 1. The zero-order valence-corrected chi connectivity index (χ0v) is 21.3. The van der Waals surface area contributed by atoms with E-state index in [1.165, 1.54) is 11.0 Å². The van der Waals surface area contributed by atoms with Crippen molar-refractivity contribution in [3.8, 4) is 17.2 Å². The quantitative estimate of drug-likeness (QED) is 0.526. The van der Waals surface area contributed by atoms with Crippen LogP contribution in [0.3, 0.4) is 0 Å². The summed E-state index contributed by atoms with van der Waals surface area (Å²) in [6.45, 7) is 4.91. The predicted octanol–water partition coefficient (Wildman–Crippen LogP) is 2.13. The molecule has 1 N–H and O–H groups in total. The number of amides is 2. The van der Waals surface area contributed by atoms with Gasteiger partial charge in [-0.3, -0.25) is 13.9 Å². The first-order valence-electron chi connectivity index (χ1n) is 11.1. The minimum atomic E-state index is -3.84. The van der Waals surface area contributed by atoms with E-state index in [1.54, 1.807) is 50.4 Å². The minimum absolute atomic E-state index is 0.0364. The van der Waals surface area contributed by atoms with Crippen molar-refractivity contribution < 1.29 is 32.2 Å². The molecular formula is C24H31N3O7S. The standard InChI is InChI=1S/C24H31N3O7S/c1-16(2)25-24(29)17(3)26(13-18-6-9-20(32-4)10-7-18)23(28)14-27(35(5,30)31)19-8-11-21-22(12-19)34-15-33-21/h6-12,16-17H,13-15H2,1-5H3,(H,25,29)/t17-/m1/s1. The van der Waals surface area contributed by atoms with Crippen molar-refractivity contribution in [2.75, 3.05) is 31.0 Å². The van der Waals surface area contributed by atoms with Gasteiger partial charge < -0.3 is 24.4 Å². The van der Waals surface area contributed by atoms with E-state index in [0.717, 1.165) is 16.1 Å². The summed E-state index contributed by atoms with van der Waals surface area (Å²) in [5.74, 6) is 0.673. The van der Waals surface area contributed by atoms with Gasteiger partial charge in [-0.2, -0.15) is 0 Å². The first kappa shape index (κ1) is 26.1. The van der Waals surface area contributed by atoms with Crippen LogP contribution in [0.15, 0.2) is 42.5 Å². The lowest BCUT2D eigenvalue weighted by atomic mass is 10.1. The molecule has 1 aliphatic rings. The van der Waals surface area contributed by atoms with E-state index in [2.05, 4.69) is 5.32 Å². The fourth-order valence-electron chi connectivity index (χ4n) is 3.57. The summed E-state index contributed by atoms with van der Waals surface area (Å²) in [7, 11) is -2.28. The van der Waals surface area contributed by atoms with E-state index in [-0.39, 0.29) is 31.0 Å². The maximum atomic E-state index is 13.5. The molecule has 0 saturated heterocycles. The Morgan fingerprint density at radius 2 is 1.71 bits per heavy atom. The van der Waals surface area contributed by atoms with Gasteiger partial charge in [0.2, 0.25) is 28.6 Å². The Bertz CT molecular complexity index is 1170. The van der Waals surface area contributed by atoms with Crippen LogP contribution in [0.1, 0.15) is 26.3 Å². The number of hydrogen-bond acceptors (Lipinski definition) is 7. The second-order valence-electron chi connectivity index (χ2n) is 8.52. The molecule has 0 bridgehead atoms. The van der Waals surface area contributed by atoms with Gasteiger partial charge in [0.25, 0.3) is 0 Å². The molecule has 0 saturated carbocycles. The van der Waals surface area contributed by atoms with Crippen LogP contribution in [0.25, 0.3) is 0 Å². The van der Waals surface area contributed by atoms with Crippen molar-refractivity contribution in [2.24, 2.45) is 0 Å². The molecule has 1 aliphatic heterocycles. The monoisotopic (exact) mass is 505 g/mol. The summed E-state index contributed by atoms with van der Waals surface area (Å²) in [6, 6.07) is 10.8. The van der Waals surface area contributed by atoms with Gasteiger partial charge in [0, 0.05) is 18.7 Å². The Hall–Kier alpha value is -3.47. The normalized spacial score (nSPS) is 13.3. The van der Waals surface area contributed by atoms with E-state index in [0.29, 0.717) is 17.2 Å². The number of fused-ring (bicyclic) bond motifs is 1.